The standard InChI is InChI=1S/C74H54O2/c1-71(2)53-33-27-39-17-9-11-19-43(39)61(53)45-29-25-41(35-55(45)71)51-37-58-65(70-63(51)47-21-13-15-23-59(47)76-70)50-32-31-49-64-57(73(5,6)67(49)68(50)74(58,7)8)38-52(69-66(64)48-22-14-16-24-60(48)75-69)42-26-30-46-56(36-42)72(3,4)54-34-28-40-18-10-12-20-44(40)62(46)54/h9-38H,1-8H3. The molecule has 0 N–H and O–H groups in total. The fraction of sp³-hybridized carbons (Fsp3) is 0.162. The molecule has 0 aliphatic heterocycles. The smallest absolute Gasteiger partial charge is 0.144 e. The van der Waals surface area contributed by atoms with Crippen molar-refractivity contribution in [2.45, 2.75) is 77.0 Å². The third-order valence-corrected chi connectivity index (χ3v) is 19.4. The minimum atomic E-state index is -0.368. The fourth-order valence-corrected chi connectivity index (χ4v) is 15.7. The van der Waals surface area contributed by atoms with E-state index in [2.05, 4.69) is 237 Å². The van der Waals surface area contributed by atoms with Gasteiger partial charge in [0.25, 0.3) is 0 Å². The fourth-order valence-electron chi connectivity index (χ4n) is 15.7. The van der Waals surface area contributed by atoms with Crippen LogP contribution in [0.1, 0.15) is 99.9 Å². The second-order valence-electron chi connectivity index (χ2n) is 24.6. The van der Waals surface area contributed by atoms with Crippen molar-refractivity contribution in [3.05, 3.63) is 226 Å². The summed E-state index contributed by atoms with van der Waals surface area (Å²) >= 11 is 0. The van der Waals surface area contributed by atoms with E-state index < -0.39 is 0 Å². The Morgan fingerprint density at radius 3 is 1.28 bits per heavy atom. The topological polar surface area (TPSA) is 26.3 Å². The van der Waals surface area contributed by atoms with Crippen molar-refractivity contribution in [2.24, 2.45) is 0 Å². The molecular formula is C74H54O2. The number of benzene rings is 11. The molecule has 0 spiro atoms. The maximum absolute atomic E-state index is 7.21. The summed E-state index contributed by atoms with van der Waals surface area (Å²) in [6.07, 6.45) is 0. The van der Waals surface area contributed by atoms with Crippen molar-refractivity contribution < 1.29 is 8.83 Å². The van der Waals surface area contributed by atoms with Gasteiger partial charge in [0.1, 0.15) is 22.3 Å². The van der Waals surface area contributed by atoms with E-state index in [1.807, 2.05) is 0 Å². The zero-order valence-electron chi connectivity index (χ0n) is 44.1. The predicted molar refractivity (Wildman–Crippen MR) is 317 cm³/mol. The highest BCUT2D eigenvalue weighted by atomic mass is 16.3. The first kappa shape index (κ1) is 42.8. The summed E-state index contributed by atoms with van der Waals surface area (Å²) in [4.78, 5) is 0. The van der Waals surface area contributed by atoms with E-state index in [0.29, 0.717) is 0 Å². The van der Waals surface area contributed by atoms with Gasteiger partial charge < -0.3 is 8.83 Å². The van der Waals surface area contributed by atoms with E-state index in [1.54, 1.807) is 0 Å². The maximum Gasteiger partial charge on any atom is 0.144 e. The first-order valence-corrected chi connectivity index (χ1v) is 27.2. The number of rotatable bonds is 2. The molecule has 11 aromatic carbocycles. The number of furan rings is 2. The molecule has 0 saturated heterocycles. The van der Waals surface area contributed by atoms with Gasteiger partial charge in [0.05, 0.1) is 0 Å². The lowest BCUT2D eigenvalue weighted by atomic mass is 9.72. The van der Waals surface area contributed by atoms with Crippen molar-refractivity contribution in [1.29, 1.82) is 0 Å². The third-order valence-electron chi connectivity index (χ3n) is 19.4. The van der Waals surface area contributed by atoms with E-state index in [-0.39, 0.29) is 21.7 Å². The molecular weight excluding hydrogens is 921 g/mol. The molecule has 2 heterocycles. The molecule has 4 aliphatic carbocycles. The summed E-state index contributed by atoms with van der Waals surface area (Å²) in [6.45, 7) is 19.5. The second-order valence-corrected chi connectivity index (χ2v) is 24.6. The largest absolute Gasteiger partial charge is 0.455 e. The Hall–Kier alpha value is -8.46. The molecule has 0 unspecified atom stereocenters. The van der Waals surface area contributed by atoms with Crippen molar-refractivity contribution in [1.82, 2.24) is 0 Å². The van der Waals surface area contributed by atoms with Gasteiger partial charge in [-0.15, -0.1) is 0 Å². The molecule has 0 atom stereocenters. The van der Waals surface area contributed by atoms with Gasteiger partial charge in [-0.3, -0.25) is 0 Å². The van der Waals surface area contributed by atoms with Gasteiger partial charge in [0.15, 0.2) is 0 Å². The highest BCUT2D eigenvalue weighted by Crippen LogP contribution is 2.64. The predicted octanol–water partition coefficient (Wildman–Crippen LogP) is 20.4. The summed E-state index contributed by atoms with van der Waals surface area (Å²) in [5.41, 5.74) is 28.9. The Morgan fingerprint density at radius 2 is 0.711 bits per heavy atom. The lowest BCUT2D eigenvalue weighted by molar-refractivity contribution is 0.601. The lowest BCUT2D eigenvalue weighted by Crippen LogP contribution is -2.24. The third kappa shape index (κ3) is 5.05. The van der Waals surface area contributed by atoms with Gasteiger partial charge in [0.2, 0.25) is 0 Å². The van der Waals surface area contributed by atoms with Crippen LogP contribution in [0.4, 0.5) is 0 Å². The van der Waals surface area contributed by atoms with Crippen LogP contribution >= 0.6 is 0 Å². The highest BCUT2D eigenvalue weighted by Gasteiger charge is 2.49. The zero-order valence-corrected chi connectivity index (χ0v) is 44.1. The van der Waals surface area contributed by atoms with Crippen LogP contribution in [0.25, 0.3) is 132 Å². The molecule has 76 heavy (non-hydrogen) atoms. The minimum Gasteiger partial charge on any atom is -0.455 e. The Bertz CT molecular complexity index is 4860. The molecule has 0 amide bonds. The molecule has 0 bridgehead atoms. The summed E-state index contributed by atoms with van der Waals surface area (Å²) in [6, 6.07) is 68.7. The maximum atomic E-state index is 7.21. The molecule has 362 valence electrons. The van der Waals surface area contributed by atoms with Crippen LogP contribution in [0.3, 0.4) is 0 Å². The molecule has 2 heteroatoms. The molecule has 2 nitrogen and oxygen atoms in total. The van der Waals surface area contributed by atoms with Crippen LogP contribution in [-0.4, -0.2) is 0 Å². The second kappa shape index (κ2) is 13.9. The molecule has 13 aromatic rings. The van der Waals surface area contributed by atoms with E-state index in [1.165, 1.54) is 138 Å². The van der Waals surface area contributed by atoms with Crippen molar-refractivity contribution >= 4 is 65.4 Å². The molecule has 0 saturated carbocycles. The molecule has 4 aliphatic rings. The van der Waals surface area contributed by atoms with Gasteiger partial charge in [-0.2, -0.15) is 0 Å². The van der Waals surface area contributed by atoms with Gasteiger partial charge in [0, 0.05) is 54.3 Å². The SMILES string of the molecule is CC1(C)c2cc(-c3cc4c(c5c3oc3ccccc35)-c3ccc5c(c3C4(C)C)C(C)(C)c3cc(-c4ccc6c(c4)C(C)(C)c4ccc7ccccc7c4-6)c4c(oc6ccccc64)c3-5)ccc2-c2c1ccc1ccccc21. The number of fused-ring (bicyclic) bond motifs is 25. The monoisotopic (exact) mass is 974 g/mol. The van der Waals surface area contributed by atoms with Crippen LogP contribution in [0.5, 0.6) is 0 Å². The quantitative estimate of drug-likeness (QED) is 0.173. The van der Waals surface area contributed by atoms with Crippen molar-refractivity contribution in [2.75, 3.05) is 0 Å². The van der Waals surface area contributed by atoms with Crippen molar-refractivity contribution in [3.63, 3.8) is 0 Å². The van der Waals surface area contributed by atoms with Crippen LogP contribution in [-0.2, 0) is 21.7 Å². The average Bonchev–Trinajstić information content (AvgIpc) is 4.39. The van der Waals surface area contributed by atoms with Gasteiger partial charge >= 0.3 is 0 Å². The molecule has 2 aromatic heterocycles. The van der Waals surface area contributed by atoms with Crippen LogP contribution in [0.2, 0.25) is 0 Å². The summed E-state index contributed by atoms with van der Waals surface area (Å²) in [5, 5.41) is 9.90. The average molecular weight is 975 g/mol. The highest BCUT2D eigenvalue weighted by molar-refractivity contribution is 6.21. The van der Waals surface area contributed by atoms with Crippen LogP contribution in [0, 0.1) is 0 Å². The molecule has 0 radical (unpaired) electrons. The van der Waals surface area contributed by atoms with E-state index in [0.717, 1.165) is 38.7 Å². The Kier molecular flexibility index (Phi) is 7.82. The molecule has 17 rings (SSSR count). The van der Waals surface area contributed by atoms with E-state index >= 15 is 0 Å². The van der Waals surface area contributed by atoms with Gasteiger partial charge in [-0.05, 0) is 158 Å². The van der Waals surface area contributed by atoms with Gasteiger partial charge in [-0.25, -0.2) is 0 Å². The Morgan fingerprint density at radius 1 is 0.276 bits per heavy atom. The first-order chi connectivity index (χ1) is 36.7. The number of hydrogen-bond donors (Lipinski definition) is 0. The zero-order chi connectivity index (χ0) is 51.1. The minimum absolute atomic E-state index is 0.167. The van der Waals surface area contributed by atoms with E-state index in [9.17, 15) is 0 Å². The van der Waals surface area contributed by atoms with Crippen molar-refractivity contribution in [3.8, 4) is 66.8 Å². The summed E-state index contributed by atoms with van der Waals surface area (Å²) in [7, 11) is 0. The normalized spacial score (nSPS) is 16.3. The summed E-state index contributed by atoms with van der Waals surface area (Å²) in [5.74, 6) is 0. The summed E-state index contributed by atoms with van der Waals surface area (Å²) < 4.78 is 14.3. The lowest BCUT2D eigenvalue weighted by Gasteiger charge is -2.31. The Labute approximate surface area is 442 Å². The van der Waals surface area contributed by atoms with Crippen LogP contribution in [0.15, 0.2) is 191 Å². The first-order valence-electron chi connectivity index (χ1n) is 27.2. The van der Waals surface area contributed by atoms with Crippen LogP contribution < -0.4 is 0 Å². The number of hydrogen-bond acceptors (Lipinski definition) is 2. The van der Waals surface area contributed by atoms with Gasteiger partial charge in [-0.1, -0.05) is 201 Å². The van der Waals surface area contributed by atoms with E-state index in [4.69, 9.17) is 8.83 Å². The number of para-hydroxylation sites is 2. The molecule has 0 fully saturated rings. The Balaban J connectivity index is 0.877.